The van der Waals surface area contributed by atoms with Gasteiger partial charge < -0.3 is 9.47 Å². The molecule has 0 unspecified atom stereocenters. The van der Waals surface area contributed by atoms with Crippen LogP contribution in [0.2, 0.25) is 0 Å². The van der Waals surface area contributed by atoms with Crippen LogP contribution < -0.4 is 15.0 Å². The number of hydrogen-bond acceptors (Lipinski definition) is 4. The molecule has 5 aromatic rings. The van der Waals surface area contributed by atoms with E-state index in [1.807, 2.05) is 72.8 Å². The van der Waals surface area contributed by atoms with E-state index in [2.05, 4.69) is 22.0 Å². The summed E-state index contributed by atoms with van der Waals surface area (Å²) >= 11 is 3.49. The molecular weight excluding hydrogens is 492 g/mol. The van der Waals surface area contributed by atoms with Crippen LogP contribution in [0.5, 0.6) is 11.5 Å². The first kappa shape index (κ1) is 22.2. The van der Waals surface area contributed by atoms with E-state index in [1.165, 1.54) is 0 Å². The highest BCUT2D eigenvalue weighted by atomic mass is 79.9. The average Bonchev–Trinajstić information content (AvgIpc) is 2.88. The van der Waals surface area contributed by atoms with Crippen LogP contribution in [0.15, 0.2) is 88.1 Å². The number of ether oxygens (including phenoxy) is 2. The molecule has 0 aliphatic carbocycles. The minimum absolute atomic E-state index is 0.0789. The molecule has 0 bridgehead atoms. The van der Waals surface area contributed by atoms with Crippen molar-refractivity contribution in [1.29, 1.82) is 0 Å². The first-order chi connectivity index (χ1) is 16.6. The van der Waals surface area contributed by atoms with Gasteiger partial charge in [0.15, 0.2) is 0 Å². The predicted octanol–water partition coefficient (Wildman–Crippen LogP) is 6.24. The van der Waals surface area contributed by atoms with Crippen LogP contribution in [-0.2, 0) is 13.0 Å². The smallest absolute Gasteiger partial charge is 0.261 e. The van der Waals surface area contributed by atoms with Crippen molar-refractivity contribution in [3.8, 4) is 22.9 Å². The molecule has 6 heteroatoms. The van der Waals surface area contributed by atoms with Gasteiger partial charge in [0.1, 0.15) is 17.3 Å². The Morgan fingerprint density at radius 3 is 2.44 bits per heavy atom. The summed E-state index contributed by atoms with van der Waals surface area (Å²) < 4.78 is 13.6. The Morgan fingerprint density at radius 2 is 1.68 bits per heavy atom. The monoisotopic (exact) mass is 514 g/mol. The number of methoxy groups -OCH3 is 2. The van der Waals surface area contributed by atoms with Gasteiger partial charge in [-0.2, -0.15) is 0 Å². The van der Waals surface area contributed by atoms with Crippen molar-refractivity contribution in [2.75, 3.05) is 14.2 Å². The van der Waals surface area contributed by atoms with Gasteiger partial charge in [0.05, 0.1) is 30.7 Å². The molecule has 0 aliphatic rings. The lowest BCUT2D eigenvalue weighted by Crippen LogP contribution is -2.25. The fourth-order valence-corrected chi connectivity index (χ4v) is 4.64. The Labute approximate surface area is 205 Å². The number of aromatic nitrogens is 2. The van der Waals surface area contributed by atoms with Crippen molar-refractivity contribution in [3.63, 3.8) is 0 Å². The summed E-state index contributed by atoms with van der Waals surface area (Å²) in [5.41, 5.74) is 2.50. The zero-order valence-corrected chi connectivity index (χ0v) is 20.5. The van der Waals surface area contributed by atoms with Crippen molar-refractivity contribution in [2.24, 2.45) is 0 Å². The van der Waals surface area contributed by atoms with Crippen molar-refractivity contribution in [2.45, 2.75) is 13.0 Å². The summed E-state index contributed by atoms with van der Waals surface area (Å²) in [4.78, 5) is 18.8. The molecule has 34 heavy (non-hydrogen) atoms. The lowest BCUT2D eigenvalue weighted by molar-refractivity contribution is 0.414. The van der Waals surface area contributed by atoms with E-state index >= 15 is 0 Å². The third kappa shape index (κ3) is 4.05. The van der Waals surface area contributed by atoms with Crippen molar-refractivity contribution in [3.05, 3.63) is 99.3 Å². The molecule has 170 valence electrons. The van der Waals surface area contributed by atoms with Gasteiger partial charge in [-0.05, 0) is 59.2 Å². The largest absolute Gasteiger partial charge is 0.497 e. The second kappa shape index (κ2) is 9.31. The molecule has 0 saturated carbocycles. The maximum Gasteiger partial charge on any atom is 0.261 e. The Bertz CT molecular complexity index is 1560. The highest BCUT2D eigenvalue weighted by molar-refractivity contribution is 9.10. The van der Waals surface area contributed by atoms with Crippen LogP contribution in [0.4, 0.5) is 0 Å². The predicted molar refractivity (Wildman–Crippen MR) is 140 cm³/mol. The molecule has 0 spiro atoms. The van der Waals surface area contributed by atoms with Crippen molar-refractivity contribution < 1.29 is 9.47 Å². The Hall–Kier alpha value is -3.64. The van der Waals surface area contributed by atoms with E-state index in [4.69, 9.17) is 14.5 Å². The summed E-state index contributed by atoms with van der Waals surface area (Å²) in [7, 11) is 3.29. The summed E-state index contributed by atoms with van der Waals surface area (Å²) in [6.45, 7) is 0.475. The third-order valence-corrected chi connectivity index (χ3v) is 6.53. The summed E-state index contributed by atoms with van der Waals surface area (Å²) in [5, 5.41) is 2.63. The number of rotatable bonds is 6. The van der Waals surface area contributed by atoms with Crippen LogP contribution >= 0.6 is 15.9 Å². The molecule has 5 nitrogen and oxygen atoms in total. The third-order valence-electron chi connectivity index (χ3n) is 6.03. The van der Waals surface area contributed by atoms with E-state index in [1.54, 1.807) is 18.8 Å². The van der Waals surface area contributed by atoms with Gasteiger partial charge >= 0.3 is 0 Å². The Morgan fingerprint density at radius 1 is 0.882 bits per heavy atom. The summed E-state index contributed by atoms with van der Waals surface area (Å²) in [6, 6.07) is 25.6. The van der Waals surface area contributed by atoms with Gasteiger partial charge in [0, 0.05) is 11.0 Å². The zero-order valence-electron chi connectivity index (χ0n) is 18.9. The zero-order chi connectivity index (χ0) is 23.7. The Balaban J connectivity index is 1.73. The molecule has 0 aliphatic heterocycles. The summed E-state index contributed by atoms with van der Waals surface area (Å²) in [6.07, 6.45) is 0.672. The van der Waals surface area contributed by atoms with Crippen molar-refractivity contribution in [1.82, 2.24) is 9.55 Å². The minimum atomic E-state index is -0.0789. The quantitative estimate of drug-likeness (QED) is 0.269. The normalized spacial score (nSPS) is 11.1. The number of hydrogen-bond donors (Lipinski definition) is 0. The minimum Gasteiger partial charge on any atom is -0.497 e. The van der Waals surface area contributed by atoms with Crippen LogP contribution in [0.3, 0.4) is 0 Å². The van der Waals surface area contributed by atoms with Crippen molar-refractivity contribution >= 4 is 37.6 Å². The molecule has 0 amide bonds. The first-order valence-electron chi connectivity index (χ1n) is 11.0. The molecule has 1 heterocycles. The number of benzene rings is 4. The highest BCUT2D eigenvalue weighted by Gasteiger charge is 2.19. The van der Waals surface area contributed by atoms with E-state index in [0.29, 0.717) is 35.4 Å². The lowest BCUT2D eigenvalue weighted by Gasteiger charge is -2.18. The van der Waals surface area contributed by atoms with Crippen LogP contribution in [0, 0.1) is 0 Å². The standard InChI is InChI=1S/C28H23BrN2O3/c1-33-21-11-7-18(8-12-21)15-16-31-27(30-24-13-10-20(29)17-23(24)28(31)32)26-22-6-4-3-5-19(22)9-14-25(26)34-2/h3-14,17H,15-16H2,1-2H3. The van der Waals surface area contributed by atoms with Gasteiger partial charge in [-0.1, -0.05) is 58.4 Å². The second-order valence-corrected chi connectivity index (χ2v) is 8.93. The summed E-state index contributed by atoms with van der Waals surface area (Å²) in [5.74, 6) is 2.08. The van der Waals surface area contributed by atoms with Crippen LogP contribution in [-0.4, -0.2) is 23.8 Å². The fraction of sp³-hybridized carbons (Fsp3) is 0.143. The molecule has 4 aromatic carbocycles. The van der Waals surface area contributed by atoms with Gasteiger partial charge in [0.25, 0.3) is 5.56 Å². The number of halogens is 1. The lowest BCUT2D eigenvalue weighted by atomic mass is 10.0. The molecule has 5 rings (SSSR count). The molecule has 0 atom stereocenters. The van der Waals surface area contributed by atoms with Crippen LogP contribution in [0.1, 0.15) is 5.56 Å². The highest BCUT2D eigenvalue weighted by Crippen LogP contribution is 2.36. The average molecular weight is 515 g/mol. The van der Waals surface area contributed by atoms with E-state index < -0.39 is 0 Å². The molecule has 0 N–H and O–H groups in total. The number of nitrogens with zero attached hydrogens (tertiary/aromatic N) is 2. The van der Waals surface area contributed by atoms with Gasteiger partial charge in [-0.3, -0.25) is 9.36 Å². The van der Waals surface area contributed by atoms with Gasteiger partial charge in [-0.15, -0.1) is 0 Å². The molecule has 0 saturated heterocycles. The van der Waals surface area contributed by atoms with Gasteiger partial charge in [0.2, 0.25) is 0 Å². The number of fused-ring (bicyclic) bond motifs is 2. The second-order valence-electron chi connectivity index (χ2n) is 8.02. The maximum atomic E-state index is 13.8. The molecule has 0 radical (unpaired) electrons. The van der Waals surface area contributed by atoms with Gasteiger partial charge in [-0.25, -0.2) is 4.98 Å². The van der Waals surface area contributed by atoms with E-state index in [-0.39, 0.29) is 5.56 Å². The fourth-order valence-electron chi connectivity index (χ4n) is 4.28. The Kier molecular flexibility index (Phi) is 6.07. The molecular formula is C28H23BrN2O3. The van der Waals surface area contributed by atoms with Crippen LogP contribution in [0.25, 0.3) is 33.1 Å². The molecule has 0 fully saturated rings. The SMILES string of the molecule is COc1ccc(CCn2c(-c3c(OC)ccc4ccccc34)nc3ccc(Br)cc3c2=O)cc1. The maximum absolute atomic E-state index is 13.8. The van der Waals surface area contributed by atoms with E-state index in [0.717, 1.165) is 32.1 Å². The van der Waals surface area contributed by atoms with E-state index in [9.17, 15) is 4.79 Å². The topological polar surface area (TPSA) is 53.4 Å². The number of aryl methyl sites for hydroxylation is 1. The molecule has 1 aromatic heterocycles. The first-order valence-corrected chi connectivity index (χ1v) is 11.8.